The molecule has 0 aromatic carbocycles. The molecule has 1 heterocycles. The van der Waals surface area contributed by atoms with Crippen LogP contribution in [0.1, 0.15) is 40.0 Å². The molecule has 4 rings (SSSR count). The van der Waals surface area contributed by atoms with Crippen LogP contribution in [0.3, 0.4) is 0 Å². The van der Waals surface area contributed by atoms with E-state index < -0.39 is 46.7 Å². The fourth-order valence-electron chi connectivity index (χ4n) is 6.71. The van der Waals surface area contributed by atoms with Crippen molar-refractivity contribution >= 4 is 17.7 Å². The quantitative estimate of drug-likeness (QED) is 0.311. The number of rotatable bonds is 7. The van der Waals surface area contributed by atoms with E-state index in [-0.39, 0.29) is 17.1 Å². The van der Waals surface area contributed by atoms with Gasteiger partial charge in [0, 0.05) is 44.5 Å². The second-order valence-electron chi connectivity index (χ2n) is 10.5. The first-order valence-electron chi connectivity index (χ1n) is 12.5. The Labute approximate surface area is 217 Å². The second-order valence-corrected chi connectivity index (χ2v) is 10.5. The van der Waals surface area contributed by atoms with E-state index in [4.69, 9.17) is 14.2 Å². The Morgan fingerprint density at radius 3 is 2.46 bits per heavy atom. The molecule has 8 heteroatoms. The molecule has 1 saturated heterocycles. The Hall–Kier alpha value is -3.39. The van der Waals surface area contributed by atoms with Gasteiger partial charge in [-0.1, -0.05) is 31.2 Å². The van der Waals surface area contributed by atoms with Gasteiger partial charge in [0.1, 0.15) is 6.10 Å². The topological polar surface area (TPSA) is 102 Å². The Balaban J connectivity index is 2.01. The first kappa shape index (κ1) is 26.7. The predicted octanol–water partition coefficient (Wildman–Crippen LogP) is 4.08. The lowest BCUT2D eigenvalue weighted by molar-refractivity contribution is -0.196. The number of carbonyl (C=O) groups excluding carboxylic acids is 3. The fraction of sp³-hybridized carbons (Fsp3) is 0.483. The maximum atomic E-state index is 14.0. The van der Waals surface area contributed by atoms with Gasteiger partial charge in [-0.25, -0.2) is 4.79 Å². The summed E-state index contributed by atoms with van der Waals surface area (Å²) in [7, 11) is 1.40. The molecule has 2 fully saturated rings. The molecule has 2 unspecified atom stereocenters. The molecule has 0 spiro atoms. The van der Waals surface area contributed by atoms with Gasteiger partial charge in [0.15, 0.2) is 5.76 Å². The molecule has 8 nitrogen and oxygen atoms in total. The molecule has 4 aliphatic rings. The Bertz CT molecular complexity index is 1180. The van der Waals surface area contributed by atoms with E-state index in [1.54, 1.807) is 30.2 Å². The van der Waals surface area contributed by atoms with Crippen molar-refractivity contribution in [2.75, 3.05) is 20.2 Å². The van der Waals surface area contributed by atoms with Gasteiger partial charge in [0.2, 0.25) is 12.1 Å². The molecular formula is C29H35NO7. The van der Waals surface area contributed by atoms with Crippen LogP contribution in [0.15, 0.2) is 71.7 Å². The lowest BCUT2D eigenvalue weighted by Gasteiger charge is -2.53. The maximum absolute atomic E-state index is 14.0. The molecule has 3 aliphatic carbocycles. The summed E-state index contributed by atoms with van der Waals surface area (Å²) in [4.78, 5) is 41.2. The summed E-state index contributed by atoms with van der Waals surface area (Å²) >= 11 is 0. The highest BCUT2D eigenvalue weighted by molar-refractivity contribution is 6.13. The number of nitrogens with zero attached hydrogens (tertiary/aromatic N) is 1. The molecule has 1 aliphatic heterocycles. The predicted molar refractivity (Wildman–Crippen MR) is 137 cm³/mol. The largest absolute Gasteiger partial charge is 0.504 e. The molecule has 0 aromatic heterocycles. The zero-order valence-electron chi connectivity index (χ0n) is 22.0. The number of carbonyl (C=O) groups is 3. The van der Waals surface area contributed by atoms with Gasteiger partial charge in [0.25, 0.3) is 0 Å². The van der Waals surface area contributed by atoms with Gasteiger partial charge < -0.3 is 24.2 Å². The minimum Gasteiger partial charge on any atom is -0.504 e. The van der Waals surface area contributed by atoms with Crippen molar-refractivity contribution in [3.05, 3.63) is 71.7 Å². The summed E-state index contributed by atoms with van der Waals surface area (Å²) in [5, 5.41) is 11.5. The third kappa shape index (κ3) is 3.89. The highest BCUT2D eigenvalue weighted by Crippen LogP contribution is 2.64. The van der Waals surface area contributed by atoms with Crippen molar-refractivity contribution in [3.8, 4) is 0 Å². The Morgan fingerprint density at radius 2 is 1.89 bits per heavy atom. The molecule has 1 N–H and O–H groups in total. The van der Waals surface area contributed by atoms with Crippen molar-refractivity contribution in [2.24, 2.45) is 16.7 Å². The van der Waals surface area contributed by atoms with Crippen LogP contribution in [0.2, 0.25) is 0 Å². The van der Waals surface area contributed by atoms with Crippen LogP contribution < -0.4 is 0 Å². The molecule has 0 bridgehead atoms. The number of hydrogen-bond donors (Lipinski definition) is 1. The minimum atomic E-state index is -1.29. The average molecular weight is 510 g/mol. The highest BCUT2D eigenvalue weighted by atomic mass is 16.7. The average Bonchev–Trinajstić information content (AvgIpc) is 3.12. The number of cyclic esters (lactones) is 1. The smallest absolute Gasteiger partial charge is 0.342 e. The highest BCUT2D eigenvalue weighted by Gasteiger charge is 2.64. The summed E-state index contributed by atoms with van der Waals surface area (Å²) in [5.74, 6) is -2.55. The number of hydrogen-bond acceptors (Lipinski definition) is 8. The van der Waals surface area contributed by atoms with Crippen LogP contribution in [0.5, 0.6) is 0 Å². The lowest BCUT2D eigenvalue weighted by Crippen LogP contribution is -2.56. The zero-order chi connectivity index (χ0) is 27.3. The van der Waals surface area contributed by atoms with Crippen LogP contribution in [0.4, 0.5) is 0 Å². The third-order valence-corrected chi connectivity index (χ3v) is 8.39. The molecule has 37 heavy (non-hydrogen) atoms. The fourth-order valence-corrected chi connectivity index (χ4v) is 6.71. The van der Waals surface area contributed by atoms with Crippen LogP contribution >= 0.6 is 0 Å². The van der Waals surface area contributed by atoms with E-state index in [9.17, 15) is 19.5 Å². The summed E-state index contributed by atoms with van der Waals surface area (Å²) in [6.07, 6.45) is 4.74. The van der Waals surface area contributed by atoms with Crippen LogP contribution in [-0.2, 0) is 28.6 Å². The van der Waals surface area contributed by atoms with Crippen molar-refractivity contribution in [1.82, 2.24) is 4.90 Å². The van der Waals surface area contributed by atoms with Crippen LogP contribution in [0.25, 0.3) is 0 Å². The van der Waals surface area contributed by atoms with Crippen molar-refractivity contribution < 1.29 is 33.7 Å². The van der Waals surface area contributed by atoms with E-state index in [2.05, 4.69) is 19.7 Å². The van der Waals surface area contributed by atoms with Crippen molar-refractivity contribution in [2.45, 2.75) is 52.4 Å². The summed E-state index contributed by atoms with van der Waals surface area (Å²) in [6, 6.07) is 0. The molecule has 0 radical (unpaired) electrons. The van der Waals surface area contributed by atoms with Gasteiger partial charge in [-0.05, 0) is 43.1 Å². The number of Topliss-reactive ketones (excluding diaryl/α,β-unsaturated/α-hetero) is 1. The summed E-state index contributed by atoms with van der Waals surface area (Å²) < 4.78 is 17.3. The van der Waals surface area contributed by atoms with E-state index in [1.807, 2.05) is 6.92 Å². The van der Waals surface area contributed by atoms with Gasteiger partial charge >= 0.3 is 11.9 Å². The van der Waals surface area contributed by atoms with Crippen LogP contribution in [0, 0.1) is 16.7 Å². The summed E-state index contributed by atoms with van der Waals surface area (Å²) in [6.45, 7) is 17.7. The van der Waals surface area contributed by atoms with Gasteiger partial charge in [0.05, 0.1) is 11.0 Å². The molecule has 1 saturated carbocycles. The molecule has 0 amide bonds. The number of aliphatic hydroxyl groups excluding tert-OH is 1. The Morgan fingerprint density at radius 1 is 1.24 bits per heavy atom. The van der Waals surface area contributed by atoms with Gasteiger partial charge in [-0.15, -0.1) is 13.2 Å². The SMILES string of the molecule is C=CCN(/C=C1/C(=O)O[C@H](OC)C2(C)C1=C(O)C(=O)C1=C2[C@H](OC(C)=O)CC2(C)C(=C)CC[C@@H]12)CC=C. The molecule has 198 valence electrons. The molecule has 5 atom stereocenters. The first-order chi connectivity index (χ1) is 17.4. The second kappa shape index (κ2) is 9.49. The monoisotopic (exact) mass is 509 g/mol. The first-order valence-corrected chi connectivity index (χ1v) is 12.5. The lowest BCUT2D eigenvalue weighted by atomic mass is 9.54. The van der Waals surface area contributed by atoms with E-state index in [1.165, 1.54) is 14.0 Å². The maximum Gasteiger partial charge on any atom is 0.342 e. The number of methoxy groups -OCH3 is 1. The standard InChI is InChI=1S/C29H35NO7/c1-8-12-30(13-9-2)15-18-22-25(33)24(32)21-19-11-10-16(3)28(19,5)14-20(36-17(4)31)23(21)29(22,6)27(35-7)37-26(18)34/h8-9,15,19-20,27,33H,1-3,10-14H2,4-7H3/b18-15+/t19-,20+,27-,28?,29?/m0/s1. The normalized spacial score (nSPS) is 34.0. The van der Waals surface area contributed by atoms with Crippen molar-refractivity contribution in [1.29, 1.82) is 0 Å². The zero-order valence-corrected chi connectivity index (χ0v) is 22.0. The Kier molecular flexibility index (Phi) is 6.84. The van der Waals surface area contributed by atoms with Gasteiger partial charge in [-0.2, -0.15) is 0 Å². The number of fused-ring (bicyclic) bond motifs is 4. The molecular weight excluding hydrogens is 474 g/mol. The van der Waals surface area contributed by atoms with Crippen molar-refractivity contribution in [3.63, 3.8) is 0 Å². The van der Waals surface area contributed by atoms with E-state index >= 15 is 0 Å². The number of ether oxygens (including phenoxy) is 3. The third-order valence-electron chi connectivity index (χ3n) is 8.39. The summed E-state index contributed by atoms with van der Waals surface area (Å²) in [5.41, 5.74) is 0.258. The van der Waals surface area contributed by atoms with Gasteiger partial charge in [-0.3, -0.25) is 9.59 Å². The number of aliphatic hydroxyl groups is 1. The molecule has 0 aromatic rings. The minimum absolute atomic E-state index is 0.0302. The number of esters is 2. The number of allylic oxidation sites excluding steroid dienone is 2. The number of ketones is 1. The van der Waals surface area contributed by atoms with E-state index in [0.29, 0.717) is 37.1 Å². The van der Waals surface area contributed by atoms with Crippen LogP contribution in [-0.4, -0.2) is 60.3 Å². The van der Waals surface area contributed by atoms with E-state index in [0.717, 1.165) is 12.0 Å².